The number of benzene rings is 1. The summed E-state index contributed by atoms with van der Waals surface area (Å²) in [4.78, 5) is 4.78. The molecule has 124 valence electrons. The average Bonchev–Trinajstić information content (AvgIpc) is 2.90. The number of aromatic nitrogens is 2. The van der Waals surface area contributed by atoms with E-state index in [0.717, 1.165) is 23.2 Å². The molecule has 0 aliphatic rings. The molecule has 0 saturated carbocycles. The Morgan fingerprint density at radius 1 is 1.17 bits per heavy atom. The minimum Gasteiger partial charge on any atom is -0.310 e. The van der Waals surface area contributed by atoms with E-state index in [1.807, 2.05) is 59.3 Å². The first-order chi connectivity index (χ1) is 11.4. The lowest BCUT2D eigenvalue weighted by molar-refractivity contribution is 0.601. The summed E-state index contributed by atoms with van der Waals surface area (Å²) in [5, 5.41) is 1.93. The molecule has 7 heteroatoms. The number of hydrogen-bond acceptors (Lipinski definition) is 4. The zero-order valence-corrected chi connectivity index (χ0v) is 15.0. The second kappa shape index (κ2) is 6.70. The highest BCUT2D eigenvalue weighted by atomic mass is 32.2. The molecule has 0 aliphatic carbocycles. The van der Waals surface area contributed by atoms with Gasteiger partial charge in [0.1, 0.15) is 0 Å². The SMILES string of the molecule is Cc1ccc(-c2cs/c(=N/S(C)(=O)=O)n2Cc2ccccn2)cc1. The number of pyridine rings is 1. The van der Waals surface area contributed by atoms with E-state index in [1.54, 1.807) is 6.20 Å². The maximum Gasteiger partial charge on any atom is 0.252 e. The Labute approximate surface area is 145 Å². The number of sulfonamides is 1. The van der Waals surface area contributed by atoms with Crippen LogP contribution in [-0.4, -0.2) is 24.2 Å². The smallest absolute Gasteiger partial charge is 0.252 e. The van der Waals surface area contributed by atoms with Gasteiger partial charge in [-0.1, -0.05) is 35.9 Å². The van der Waals surface area contributed by atoms with Crippen molar-refractivity contribution >= 4 is 21.4 Å². The molecule has 0 atom stereocenters. The molecular formula is C17H17N3O2S2. The lowest BCUT2D eigenvalue weighted by atomic mass is 10.1. The quantitative estimate of drug-likeness (QED) is 0.719. The molecule has 24 heavy (non-hydrogen) atoms. The fourth-order valence-electron chi connectivity index (χ4n) is 2.31. The minimum atomic E-state index is -3.47. The molecule has 2 heterocycles. The summed E-state index contributed by atoms with van der Waals surface area (Å²) in [5.74, 6) is 0. The van der Waals surface area contributed by atoms with E-state index in [1.165, 1.54) is 16.9 Å². The minimum absolute atomic E-state index is 0.443. The predicted octanol–water partition coefficient (Wildman–Crippen LogP) is 2.83. The molecule has 5 nitrogen and oxygen atoms in total. The molecular weight excluding hydrogens is 342 g/mol. The summed E-state index contributed by atoms with van der Waals surface area (Å²) >= 11 is 1.31. The van der Waals surface area contributed by atoms with Crippen molar-refractivity contribution in [2.45, 2.75) is 13.5 Å². The van der Waals surface area contributed by atoms with E-state index in [0.29, 0.717) is 11.3 Å². The average molecular weight is 359 g/mol. The molecule has 0 fully saturated rings. The van der Waals surface area contributed by atoms with E-state index in [9.17, 15) is 8.42 Å². The van der Waals surface area contributed by atoms with E-state index in [2.05, 4.69) is 9.38 Å². The molecule has 0 amide bonds. The molecule has 3 rings (SSSR count). The van der Waals surface area contributed by atoms with Crippen LogP contribution in [0.25, 0.3) is 11.3 Å². The topological polar surface area (TPSA) is 64.3 Å². The van der Waals surface area contributed by atoms with E-state index in [4.69, 9.17) is 0 Å². The molecule has 1 aromatic carbocycles. The van der Waals surface area contributed by atoms with Gasteiger partial charge in [0.15, 0.2) is 0 Å². The van der Waals surface area contributed by atoms with Gasteiger partial charge >= 0.3 is 0 Å². The molecule has 0 N–H and O–H groups in total. The molecule has 2 aromatic heterocycles. The highest BCUT2D eigenvalue weighted by molar-refractivity contribution is 7.89. The Balaban J connectivity index is 2.16. The van der Waals surface area contributed by atoms with Crippen LogP contribution in [0.15, 0.2) is 58.4 Å². The van der Waals surface area contributed by atoms with Crippen LogP contribution in [0.4, 0.5) is 0 Å². The largest absolute Gasteiger partial charge is 0.310 e. The van der Waals surface area contributed by atoms with Gasteiger partial charge in [-0.15, -0.1) is 15.7 Å². The van der Waals surface area contributed by atoms with Crippen molar-refractivity contribution in [3.05, 3.63) is 70.1 Å². The van der Waals surface area contributed by atoms with Crippen molar-refractivity contribution in [1.29, 1.82) is 0 Å². The van der Waals surface area contributed by atoms with Crippen LogP contribution in [0.5, 0.6) is 0 Å². The normalized spacial score (nSPS) is 12.5. The van der Waals surface area contributed by atoms with Gasteiger partial charge in [-0.05, 0) is 24.6 Å². The van der Waals surface area contributed by atoms with Gasteiger partial charge in [0.25, 0.3) is 10.0 Å². The Morgan fingerprint density at radius 2 is 1.92 bits per heavy atom. The van der Waals surface area contributed by atoms with E-state index < -0.39 is 10.0 Å². The van der Waals surface area contributed by atoms with Crippen molar-refractivity contribution in [2.24, 2.45) is 4.40 Å². The summed E-state index contributed by atoms with van der Waals surface area (Å²) in [5.41, 5.74) is 3.96. The predicted molar refractivity (Wildman–Crippen MR) is 96.2 cm³/mol. The zero-order valence-electron chi connectivity index (χ0n) is 13.4. The highest BCUT2D eigenvalue weighted by Gasteiger charge is 2.11. The Kier molecular flexibility index (Phi) is 4.64. The Hall–Kier alpha value is -2.25. The maximum absolute atomic E-state index is 11.6. The second-order valence-electron chi connectivity index (χ2n) is 5.50. The summed E-state index contributed by atoms with van der Waals surface area (Å²) < 4.78 is 29.0. The molecule has 0 radical (unpaired) electrons. The third-order valence-corrected chi connectivity index (χ3v) is 4.92. The van der Waals surface area contributed by atoms with Gasteiger partial charge in [-0.25, -0.2) is 8.42 Å². The van der Waals surface area contributed by atoms with Gasteiger partial charge in [-0.3, -0.25) is 4.98 Å². The summed E-state index contributed by atoms with van der Waals surface area (Å²) in [7, 11) is -3.47. The van der Waals surface area contributed by atoms with E-state index >= 15 is 0 Å². The number of rotatable bonds is 4. The lowest BCUT2D eigenvalue weighted by Gasteiger charge is -2.09. The lowest BCUT2D eigenvalue weighted by Crippen LogP contribution is -2.19. The summed E-state index contributed by atoms with van der Waals surface area (Å²) in [6, 6.07) is 13.8. The summed E-state index contributed by atoms with van der Waals surface area (Å²) in [6.07, 6.45) is 2.82. The van der Waals surface area contributed by atoms with Gasteiger partial charge in [0, 0.05) is 11.6 Å². The van der Waals surface area contributed by atoms with Crippen LogP contribution >= 0.6 is 11.3 Å². The van der Waals surface area contributed by atoms with Crippen LogP contribution in [0.1, 0.15) is 11.3 Å². The highest BCUT2D eigenvalue weighted by Crippen LogP contribution is 2.21. The first-order valence-corrected chi connectivity index (χ1v) is 10.1. The number of nitrogens with zero attached hydrogens (tertiary/aromatic N) is 3. The fourth-order valence-corrected chi connectivity index (χ4v) is 4.04. The van der Waals surface area contributed by atoms with Gasteiger partial charge in [-0.2, -0.15) is 0 Å². The molecule has 0 aliphatic heterocycles. The summed E-state index contributed by atoms with van der Waals surface area (Å²) in [6.45, 7) is 2.49. The third kappa shape index (κ3) is 3.98. The third-order valence-electron chi connectivity index (χ3n) is 3.44. The molecule has 0 bridgehead atoms. The van der Waals surface area contributed by atoms with E-state index in [-0.39, 0.29) is 0 Å². The van der Waals surface area contributed by atoms with Crippen molar-refractivity contribution in [3.8, 4) is 11.3 Å². The molecule has 0 saturated heterocycles. The van der Waals surface area contributed by atoms with Crippen molar-refractivity contribution in [1.82, 2.24) is 9.55 Å². The molecule has 0 unspecified atom stereocenters. The number of hydrogen-bond donors (Lipinski definition) is 0. The van der Waals surface area contributed by atoms with Crippen LogP contribution in [0.2, 0.25) is 0 Å². The standard InChI is InChI=1S/C17H17N3O2S2/c1-13-6-8-14(9-7-13)16-12-23-17(19-24(2,21)22)20(16)11-15-5-3-4-10-18-15/h3-10,12H,11H2,1-2H3/b19-17+. The first kappa shape index (κ1) is 16.6. The van der Waals surface area contributed by atoms with Crippen molar-refractivity contribution in [2.75, 3.05) is 6.26 Å². The van der Waals surface area contributed by atoms with Crippen LogP contribution in [0, 0.1) is 6.92 Å². The fraction of sp³-hybridized carbons (Fsp3) is 0.176. The maximum atomic E-state index is 11.6. The number of thiazole rings is 1. The van der Waals surface area contributed by atoms with Crippen molar-refractivity contribution in [3.63, 3.8) is 0 Å². The first-order valence-electron chi connectivity index (χ1n) is 7.34. The zero-order chi connectivity index (χ0) is 17.2. The second-order valence-corrected chi connectivity index (χ2v) is 7.99. The van der Waals surface area contributed by atoms with Crippen LogP contribution in [-0.2, 0) is 16.6 Å². The van der Waals surface area contributed by atoms with Gasteiger partial charge in [0.2, 0.25) is 4.80 Å². The van der Waals surface area contributed by atoms with Gasteiger partial charge in [0.05, 0.1) is 24.2 Å². The molecule has 0 spiro atoms. The van der Waals surface area contributed by atoms with Crippen molar-refractivity contribution < 1.29 is 8.42 Å². The monoisotopic (exact) mass is 359 g/mol. The Morgan fingerprint density at radius 3 is 2.54 bits per heavy atom. The van der Waals surface area contributed by atoms with Gasteiger partial charge < -0.3 is 4.57 Å². The Bertz CT molecular complexity index is 1000. The molecule has 3 aromatic rings. The number of aryl methyl sites for hydroxylation is 1. The van der Waals surface area contributed by atoms with Crippen LogP contribution < -0.4 is 4.80 Å². The van der Waals surface area contributed by atoms with Crippen LogP contribution in [0.3, 0.4) is 0 Å².